The Morgan fingerprint density at radius 1 is 0.721 bits per heavy atom. The zero-order valence-electron chi connectivity index (χ0n) is 26.7. The van der Waals surface area contributed by atoms with E-state index in [0.717, 1.165) is 48.2 Å². The highest BCUT2D eigenvalue weighted by Gasteiger charge is 2.26. The van der Waals surface area contributed by atoms with Gasteiger partial charge < -0.3 is 29.5 Å². The molecule has 2 heterocycles. The van der Waals surface area contributed by atoms with Gasteiger partial charge in [0.1, 0.15) is 11.2 Å². The van der Waals surface area contributed by atoms with Crippen LogP contribution in [0.3, 0.4) is 0 Å². The summed E-state index contributed by atoms with van der Waals surface area (Å²) in [5.74, 6) is 0. The van der Waals surface area contributed by atoms with Gasteiger partial charge in [0.25, 0.3) is 0 Å². The fourth-order valence-corrected chi connectivity index (χ4v) is 5.50. The van der Waals surface area contributed by atoms with Gasteiger partial charge in [0, 0.05) is 70.6 Å². The van der Waals surface area contributed by atoms with Crippen molar-refractivity contribution in [3.8, 4) is 0 Å². The van der Waals surface area contributed by atoms with Crippen molar-refractivity contribution < 1.29 is 19.1 Å². The average Bonchev–Trinajstić information content (AvgIpc) is 2.90. The van der Waals surface area contributed by atoms with Crippen LogP contribution >= 0.6 is 54.5 Å². The van der Waals surface area contributed by atoms with Crippen LogP contribution in [0.4, 0.5) is 15.3 Å². The fourth-order valence-electron chi connectivity index (χ4n) is 4.21. The highest BCUT2D eigenvalue weighted by atomic mass is 127. The molecular formula is C32H47Br2IN4O4. The largest absolute Gasteiger partial charge is 0.444 e. The predicted octanol–water partition coefficient (Wildman–Crippen LogP) is 8.00. The highest BCUT2D eigenvalue weighted by Crippen LogP contribution is 2.25. The van der Waals surface area contributed by atoms with Gasteiger partial charge in [-0.15, -0.1) is 0 Å². The van der Waals surface area contributed by atoms with Gasteiger partial charge in [-0.2, -0.15) is 0 Å². The molecule has 11 heteroatoms. The minimum absolute atomic E-state index is 0.200. The lowest BCUT2D eigenvalue weighted by Gasteiger charge is -2.37. The second-order valence-electron chi connectivity index (χ2n) is 12.5. The van der Waals surface area contributed by atoms with Crippen molar-refractivity contribution in [3.63, 3.8) is 0 Å². The number of nitrogens with one attached hydrogen (secondary N) is 1. The van der Waals surface area contributed by atoms with Crippen molar-refractivity contribution in [2.24, 2.45) is 0 Å². The van der Waals surface area contributed by atoms with Crippen LogP contribution in [0.5, 0.6) is 0 Å². The number of hydrogen-bond donors (Lipinski definition) is 1. The maximum atomic E-state index is 12.0. The van der Waals surface area contributed by atoms with Crippen molar-refractivity contribution in [1.29, 1.82) is 0 Å². The molecule has 4 rings (SSSR count). The molecule has 0 aromatic heterocycles. The van der Waals surface area contributed by atoms with Gasteiger partial charge in [0.15, 0.2) is 0 Å². The summed E-state index contributed by atoms with van der Waals surface area (Å²) in [6.45, 7) is 21.8. The molecule has 0 radical (unpaired) electrons. The van der Waals surface area contributed by atoms with E-state index in [9.17, 15) is 9.59 Å². The lowest BCUT2D eigenvalue weighted by Crippen LogP contribution is -2.50. The smallest absolute Gasteiger partial charge is 0.410 e. The van der Waals surface area contributed by atoms with Crippen molar-refractivity contribution in [2.75, 3.05) is 57.3 Å². The summed E-state index contributed by atoms with van der Waals surface area (Å²) in [6.07, 6.45) is -0.413. The molecule has 0 unspecified atom stereocenters. The van der Waals surface area contributed by atoms with E-state index in [1.807, 2.05) is 41.5 Å². The van der Waals surface area contributed by atoms with Gasteiger partial charge in [0.05, 0.1) is 0 Å². The van der Waals surface area contributed by atoms with Gasteiger partial charge in [0.2, 0.25) is 0 Å². The van der Waals surface area contributed by atoms with E-state index in [2.05, 4.69) is 115 Å². The molecule has 2 amide bonds. The van der Waals surface area contributed by atoms with Crippen LogP contribution < -0.4 is 10.2 Å². The van der Waals surface area contributed by atoms with Crippen LogP contribution in [-0.4, -0.2) is 85.5 Å². The molecule has 0 aliphatic carbocycles. The molecule has 8 nitrogen and oxygen atoms in total. The maximum Gasteiger partial charge on any atom is 0.410 e. The maximum absolute atomic E-state index is 12.0. The lowest BCUT2D eigenvalue weighted by molar-refractivity contribution is 0.0223. The number of nitrogens with zero attached hydrogens (tertiary/aromatic N) is 3. The quantitative estimate of drug-likeness (QED) is 0.294. The zero-order chi connectivity index (χ0) is 32.4. The van der Waals surface area contributed by atoms with Gasteiger partial charge in [-0.1, -0.05) is 31.9 Å². The van der Waals surface area contributed by atoms with Crippen molar-refractivity contribution >= 4 is 72.3 Å². The molecule has 1 N–H and O–H groups in total. The molecule has 0 bridgehead atoms. The molecule has 2 saturated heterocycles. The number of amides is 2. The molecule has 43 heavy (non-hydrogen) atoms. The molecule has 2 aromatic carbocycles. The Morgan fingerprint density at radius 3 is 1.58 bits per heavy atom. The summed E-state index contributed by atoms with van der Waals surface area (Å²) < 4.78 is 14.2. The first kappa shape index (κ1) is 37.6. The van der Waals surface area contributed by atoms with Crippen molar-refractivity contribution in [3.05, 3.63) is 60.0 Å². The molecular weight excluding hydrogens is 791 g/mol. The minimum Gasteiger partial charge on any atom is -0.444 e. The van der Waals surface area contributed by atoms with E-state index in [1.165, 1.54) is 20.4 Å². The summed E-state index contributed by atoms with van der Waals surface area (Å²) in [5.41, 5.74) is 2.99. The van der Waals surface area contributed by atoms with E-state index in [4.69, 9.17) is 9.47 Å². The zero-order valence-corrected chi connectivity index (χ0v) is 32.1. The van der Waals surface area contributed by atoms with E-state index in [0.29, 0.717) is 13.1 Å². The third-order valence-electron chi connectivity index (χ3n) is 6.32. The Bertz CT molecular complexity index is 1200. The van der Waals surface area contributed by atoms with Gasteiger partial charge in [-0.05, 0) is 126 Å². The molecule has 2 aromatic rings. The van der Waals surface area contributed by atoms with Gasteiger partial charge >= 0.3 is 12.2 Å². The second-order valence-corrected chi connectivity index (χ2v) is 15.5. The predicted molar refractivity (Wildman–Crippen MR) is 191 cm³/mol. The van der Waals surface area contributed by atoms with Crippen LogP contribution in [-0.2, 0) is 9.47 Å². The molecule has 0 atom stereocenters. The molecule has 2 aliphatic heterocycles. The molecule has 240 valence electrons. The third kappa shape index (κ3) is 14.4. The van der Waals surface area contributed by atoms with Gasteiger partial charge in [-0.3, -0.25) is 0 Å². The van der Waals surface area contributed by atoms with Crippen LogP contribution in [0.1, 0.15) is 52.7 Å². The number of anilines is 1. The van der Waals surface area contributed by atoms with Crippen LogP contribution in [0.15, 0.2) is 45.3 Å². The van der Waals surface area contributed by atoms with E-state index >= 15 is 0 Å². The van der Waals surface area contributed by atoms with E-state index < -0.39 is 5.60 Å². The Hall–Kier alpha value is -1.57. The monoisotopic (exact) mass is 836 g/mol. The molecule has 0 spiro atoms. The standard InChI is InChI=1S/C16H23BrN2O2.C9H18N2O2.C7H6BrI/c1-12-11-13(17)5-6-14(12)18-7-9-19(10-8-18)15(20)21-16(2,3)4;1-9(2,3)13-8(12)11-6-4-10-5-7-11;1-5-4-6(8)2-3-7(5)9/h5-6,11H,7-10H2,1-4H3;10H,4-7H2,1-3H3;2-4H,1H3. The molecule has 2 fully saturated rings. The van der Waals surface area contributed by atoms with Crippen molar-refractivity contribution in [2.45, 2.75) is 66.6 Å². The Morgan fingerprint density at radius 2 is 1.16 bits per heavy atom. The summed E-state index contributed by atoms with van der Waals surface area (Å²) in [7, 11) is 0. The van der Waals surface area contributed by atoms with Crippen LogP contribution in [0.25, 0.3) is 0 Å². The third-order valence-corrected chi connectivity index (χ3v) is 8.52. The number of rotatable bonds is 1. The SMILES string of the molecule is CC(C)(C)OC(=O)N1CCNCC1.Cc1cc(Br)ccc1I.Cc1cc(Br)ccc1N1CCN(C(=O)OC(C)(C)C)CC1. The van der Waals surface area contributed by atoms with Crippen LogP contribution in [0, 0.1) is 17.4 Å². The number of aryl methyl sites for hydroxylation is 2. The number of carbonyl (C=O) groups excluding carboxylic acids is 2. The van der Waals surface area contributed by atoms with Gasteiger partial charge in [-0.25, -0.2) is 9.59 Å². The molecule has 0 saturated carbocycles. The fraction of sp³-hybridized carbons (Fsp3) is 0.562. The number of benzene rings is 2. The first-order valence-electron chi connectivity index (χ1n) is 14.5. The van der Waals surface area contributed by atoms with Crippen molar-refractivity contribution in [1.82, 2.24) is 15.1 Å². The number of ether oxygens (including phenoxy) is 2. The first-order chi connectivity index (χ1) is 19.9. The average molecular weight is 838 g/mol. The number of carbonyl (C=O) groups is 2. The topological polar surface area (TPSA) is 74.4 Å². The first-order valence-corrected chi connectivity index (χ1v) is 17.2. The Kier molecular flexibility index (Phi) is 15.1. The minimum atomic E-state index is -0.434. The van der Waals surface area contributed by atoms with Crippen LogP contribution in [0.2, 0.25) is 0 Å². The number of piperazine rings is 2. The summed E-state index contributed by atoms with van der Waals surface area (Å²) in [6, 6.07) is 12.6. The summed E-state index contributed by atoms with van der Waals surface area (Å²) >= 11 is 9.20. The summed E-state index contributed by atoms with van der Waals surface area (Å²) in [4.78, 5) is 29.4. The Labute approximate surface area is 288 Å². The normalized spacial score (nSPS) is 15.5. The molecule has 2 aliphatic rings. The Balaban J connectivity index is 0.000000249. The summed E-state index contributed by atoms with van der Waals surface area (Å²) in [5, 5.41) is 3.18. The van der Waals surface area contributed by atoms with E-state index in [-0.39, 0.29) is 17.8 Å². The lowest BCUT2D eigenvalue weighted by atomic mass is 10.1. The highest BCUT2D eigenvalue weighted by molar-refractivity contribution is 14.1. The number of hydrogen-bond acceptors (Lipinski definition) is 6. The number of halogens is 3. The van der Waals surface area contributed by atoms with E-state index in [1.54, 1.807) is 9.80 Å². The second kappa shape index (κ2) is 17.2.